The zero-order valence-electron chi connectivity index (χ0n) is 25.0. The van der Waals surface area contributed by atoms with Gasteiger partial charge in [0.25, 0.3) is 0 Å². The Hall–Kier alpha value is -4.54. The van der Waals surface area contributed by atoms with Gasteiger partial charge in [-0.15, -0.1) is 0 Å². The molecule has 11 heteroatoms. The lowest BCUT2D eigenvalue weighted by Gasteiger charge is -2.39. The van der Waals surface area contributed by atoms with Gasteiger partial charge in [0.1, 0.15) is 17.4 Å². The van der Waals surface area contributed by atoms with E-state index in [1.807, 2.05) is 44.7 Å². The van der Waals surface area contributed by atoms with Crippen molar-refractivity contribution in [1.82, 2.24) is 24.4 Å². The van der Waals surface area contributed by atoms with Crippen molar-refractivity contribution >= 4 is 22.9 Å². The van der Waals surface area contributed by atoms with Gasteiger partial charge in [-0.3, -0.25) is 4.98 Å². The molecule has 1 N–H and O–H groups in total. The summed E-state index contributed by atoms with van der Waals surface area (Å²) in [6.07, 6.45) is 2.64. The first kappa shape index (κ1) is 28.6. The summed E-state index contributed by atoms with van der Waals surface area (Å²) in [5.41, 5.74) is 3.64. The summed E-state index contributed by atoms with van der Waals surface area (Å²) >= 11 is 0. The standard InChI is InChI=1S/C32H35FN6O4/c1-17(2)26-28(18(3)10-11-34-26)39-30-24(29(36-31(39)40)38-13-12-37(32(41)42)16-19(38)4)15-22(20-6-7-20)27(35-30)23-14-21(43-5)8-9-25(23)33/h8-11,14-15,17,19-20H,6-7,12-13,16H2,1-5H3,(H,41,42)/t19-/m0/s1. The number of halogens is 1. The maximum absolute atomic E-state index is 15.5. The van der Waals surface area contributed by atoms with Crippen LogP contribution in [0.15, 0.2) is 41.3 Å². The van der Waals surface area contributed by atoms with Gasteiger partial charge in [0.15, 0.2) is 5.65 Å². The molecule has 1 aliphatic carbocycles. The van der Waals surface area contributed by atoms with Crippen molar-refractivity contribution in [2.45, 2.75) is 58.4 Å². The van der Waals surface area contributed by atoms with Crippen LogP contribution >= 0.6 is 0 Å². The van der Waals surface area contributed by atoms with Crippen molar-refractivity contribution < 1.29 is 19.0 Å². The molecule has 2 fully saturated rings. The van der Waals surface area contributed by atoms with Gasteiger partial charge in [0.2, 0.25) is 0 Å². The lowest BCUT2D eigenvalue weighted by atomic mass is 9.99. The lowest BCUT2D eigenvalue weighted by Crippen LogP contribution is -2.54. The van der Waals surface area contributed by atoms with Crippen molar-refractivity contribution in [3.8, 4) is 22.7 Å². The summed E-state index contributed by atoms with van der Waals surface area (Å²) in [6, 6.07) is 8.20. The molecule has 1 atom stereocenters. The smallest absolute Gasteiger partial charge is 0.407 e. The predicted octanol–water partition coefficient (Wildman–Crippen LogP) is 5.49. The van der Waals surface area contributed by atoms with E-state index in [0.717, 1.165) is 29.7 Å². The van der Waals surface area contributed by atoms with Crippen LogP contribution < -0.4 is 15.3 Å². The van der Waals surface area contributed by atoms with E-state index < -0.39 is 17.6 Å². The Morgan fingerprint density at radius 3 is 2.56 bits per heavy atom. The molecule has 0 unspecified atom stereocenters. The SMILES string of the molecule is COc1ccc(F)c(-c2nc3c(cc2C2CC2)c(N2CCN(C(=O)O)C[C@@H]2C)nc(=O)n3-c2c(C)ccnc2C(C)C)c1. The van der Waals surface area contributed by atoms with Crippen LogP contribution in [0.1, 0.15) is 62.3 Å². The van der Waals surface area contributed by atoms with Gasteiger partial charge in [0, 0.05) is 37.4 Å². The first-order valence-corrected chi connectivity index (χ1v) is 14.6. The molecule has 10 nitrogen and oxygen atoms in total. The molecule has 1 aromatic carbocycles. The average Bonchev–Trinajstić information content (AvgIpc) is 3.82. The molecule has 1 aliphatic heterocycles. The van der Waals surface area contributed by atoms with E-state index in [1.54, 1.807) is 18.3 Å². The maximum Gasteiger partial charge on any atom is 0.407 e. The van der Waals surface area contributed by atoms with Gasteiger partial charge in [0.05, 0.1) is 29.6 Å². The third kappa shape index (κ3) is 5.06. The number of piperazine rings is 1. The van der Waals surface area contributed by atoms with E-state index >= 15 is 4.39 Å². The molecule has 3 aromatic heterocycles. The van der Waals surface area contributed by atoms with E-state index in [1.165, 1.54) is 22.6 Å². The minimum atomic E-state index is -0.976. The number of hydrogen-bond acceptors (Lipinski definition) is 7. The summed E-state index contributed by atoms with van der Waals surface area (Å²) in [5, 5.41) is 10.2. The largest absolute Gasteiger partial charge is 0.497 e. The molecule has 0 bridgehead atoms. The molecule has 43 heavy (non-hydrogen) atoms. The van der Waals surface area contributed by atoms with Crippen LogP contribution in [0.4, 0.5) is 15.0 Å². The fourth-order valence-electron chi connectivity index (χ4n) is 6.03. The van der Waals surface area contributed by atoms with Crippen LogP contribution in [-0.4, -0.2) is 68.4 Å². The minimum Gasteiger partial charge on any atom is -0.497 e. The molecular weight excluding hydrogens is 551 g/mol. The van der Waals surface area contributed by atoms with Gasteiger partial charge < -0.3 is 19.6 Å². The van der Waals surface area contributed by atoms with Gasteiger partial charge in [-0.1, -0.05) is 13.8 Å². The topological polar surface area (TPSA) is 114 Å². The third-order valence-electron chi connectivity index (χ3n) is 8.42. The van der Waals surface area contributed by atoms with E-state index in [0.29, 0.717) is 46.1 Å². The van der Waals surface area contributed by atoms with Crippen LogP contribution in [0.5, 0.6) is 5.75 Å². The Morgan fingerprint density at radius 2 is 1.91 bits per heavy atom. The number of amides is 1. The molecule has 4 aromatic rings. The fourth-order valence-corrected chi connectivity index (χ4v) is 6.03. The Kier molecular flexibility index (Phi) is 7.27. The normalized spacial score (nSPS) is 17.1. The fraction of sp³-hybridized carbons (Fsp3) is 0.406. The van der Waals surface area contributed by atoms with Crippen LogP contribution in [0.25, 0.3) is 28.0 Å². The molecule has 4 heterocycles. The Labute approximate surface area is 248 Å². The number of ether oxygens (including phenoxy) is 1. The van der Waals surface area contributed by atoms with Crippen molar-refractivity contribution in [3.63, 3.8) is 0 Å². The number of nitrogens with zero attached hydrogens (tertiary/aromatic N) is 6. The van der Waals surface area contributed by atoms with Gasteiger partial charge in [-0.05, 0) is 80.0 Å². The minimum absolute atomic E-state index is 0.00156. The van der Waals surface area contributed by atoms with E-state index in [4.69, 9.17) is 9.72 Å². The highest BCUT2D eigenvalue weighted by Gasteiger charge is 2.34. The maximum atomic E-state index is 15.5. The first-order chi connectivity index (χ1) is 20.6. The number of aryl methyl sites for hydroxylation is 1. The third-order valence-corrected chi connectivity index (χ3v) is 8.42. The summed E-state index contributed by atoms with van der Waals surface area (Å²) in [5.74, 6) is 0.716. The van der Waals surface area contributed by atoms with Crippen LogP contribution in [-0.2, 0) is 0 Å². The average molecular weight is 587 g/mol. The second-order valence-corrected chi connectivity index (χ2v) is 11.8. The summed E-state index contributed by atoms with van der Waals surface area (Å²) in [6.45, 7) is 8.79. The molecule has 224 valence electrons. The predicted molar refractivity (Wildman–Crippen MR) is 162 cm³/mol. The number of rotatable bonds is 6. The molecule has 2 aliphatic rings. The van der Waals surface area contributed by atoms with Crippen molar-refractivity contribution in [3.05, 3.63) is 69.7 Å². The van der Waals surface area contributed by atoms with E-state index in [2.05, 4.69) is 9.97 Å². The Morgan fingerprint density at radius 1 is 1.14 bits per heavy atom. The number of methoxy groups -OCH3 is 1. The van der Waals surface area contributed by atoms with Gasteiger partial charge in [-0.25, -0.2) is 23.5 Å². The summed E-state index contributed by atoms with van der Waals surface area (Å²) < 4.78 is 22.4. The second-order valence-electron chi connectivity index (χ2n) is 11.8. The molecule has 0 radical (unpaired) electrons. The van der Waals surface area contributed by atoms with Crippen LogP contribution in [0, 0.1) is 12.7 Å². The number of carboxylic acid groups (broad SMARTS) is 1. The van der Waals surface area contributed by atoms with Crippen molar-refractivity contribution in [2.75, 3.05) is 31.6 Å². The molecular formula is C32H35FN6O4. The van der Waals surface area contributed by atoms with Gasteiger partial charge in [-0.2, -0.15) is 4.98 Å². The Bertz CT molecular complexity index is 1800. The molecule has 0 spiro atoms. The van der Waals surface area contributed by atoms with Gasteiger partial charge >= 0.3 is 11.8 Å². The highest BCUT2D eigenvalue weighted by atomic mass is 19.1. The number of benzene rings is 1. The highest BCUT2D eigenvalue weighted by molar-refractivity contribution is 5.92. The first-order valence-electron chi connectivity index (χ1n) is 14.6. The van der Waals surface area contributed by atoms with E-state index in [9.17, 15) is 14.7 Å². The number of hydrogen-bond donors (Lipinski definition) is 1. The zero-order chi connectivity index (χ0) is 30.6. The summed E-state index contributed by atoms with van der Waals surface area (Å²) in [7, 11) is 1.53. The molecule has 1 saturated carbocycles. The zero-order valence-corrected chi connectivity index (χ0v) is 25.0. The van der Waals surface area contributed by atoms with E-state index in [-0.39, 0.29) is 31.0 Å². The molecule has 1 saturated heterocycles. The number of aromatic nitrogens is 4. The van der Waals surface area contributed by atoms with Crippen LogP contribution in [0.2, 0.25) is 0 Å². The molecule has 1 amide bonds. The van der Waals surface area contributed by atoms with Crippen molar-refractivity contribution in [2.24, 2.45) is 0 Å². The second kappa shape index (κ2) is 10.9. The van der Waals surface area contributed by atoms with Crippen LogP contribution in [0.3, 0.4) is 0 Å². The Balaban J connectivity index is 1.69. The molecule has 6 rings (SSSR count). The number of anilines is 1. The number of fused-ring (bicyclic) bond motifs is 1. The number of pyridine rings is 2. The van der Waals surface area contributed by atoms with Crippen molar-refractivity contribution in [1.29, 1.82) is 0 Å². The summed E-state index contributed by atoms with van der Waals surface area (Å²) in [4.78, 5) is 43.5. The quantitative estimate of drug-likeness (QED) is 0.316. The number of carbonyl (C=O) groups is 1. The lowest BCUT2D eigenvalue weighted by molar-refractivity contribution is 0.136. The highest BCUT2D eigenvalue weighted by Crippen LogP contribution is 2.46. The monoisotopic (exact) mass is 586 g/mol.